The maximum atomic E-state index is 13.3. The molecule has 21 heavy (non-hydrogen) atoms. The number of nitrogens with zero attached hydrogens (tertiary/aromatic N) is 2. The van der Waals surface area contributed by atoms with E-state index in [0.717, 1.165) is 4.47 Å². The van der Waals surface area contributed by atoms with Gasteiger partial charge in [-0.15, -0.1) is 0 Å². The van der Waals surface area contributed by atoms with Crippen molar-refractivity contribution in [2.75, 3.05) is 0 Å². The molecule has 106 valence electrons. The lowest BCUT2D eigenvalue weighted by Gasteiger charge is -1.99. The van der Waals surface area contributed by atoms with Crippen LogP contribution in [0.5, 0.6) is 5.75 Å². The molecule has 0 saturated carbocycles. The van der Waals surface area contributed by atoms with Crippen LogP contribution < -0.4 is 0 Å². The third kappa shape index (κ3) is 2.67. The molecule has 0 aliphatic rings. The van der Waals surface area contributed by atoms with E-state index in [1.807, 2.05) is 0 Å². The Morgan fingerprint density at radius 1 is 1.19 bits per heavy atom. The van der Waals surface area contributed by atoms with Gasteiger partial charge in [0.1, 0.15) is 11.6 Å². The largest absolute Gasteiger partial charge is 0.507 e. The fourth-order valence-electron chi connectivity index (χ4n) is 1.91. The first-order valence-corrected chi connectivity index (χ1v) is 6.93. The van der Waals surface area contributed by atoms with Gasteiger partial charge in [-0.25, -0.2) is 4.39 Å². The highest BCUT2D eigenvalue weighted by Gasteiger charge is 2.15. The van der Waals surface area contributed by atoms with Crippen LogP contribution >= 0.6 is 15.9 Å². The van der Waals surface area contributed by atoms with Crippen LogP contribution in [0.3, 0.4) is 0 Å². The third-order valence-corrected chi connectivity index (χ3v) is 3.52. The molecule has 0 amide bonds. The summed E-state index contributed by atoms with van der Waals surface area (Å²) in [7, 11) is 0. The van der Waals surface area contributed by atoms with Crippen LogP contribution in [0.15, 0.2) is 45.4 Å². The van der Waals surface area contributed by atoms with Crippen LogP contribution in [0.4, 0.5) is 4.39 Å². The Morgan fingerprint density at radius 3 is 2.76 bits per heavy atom. The lowest BCUT2D eigenvalue weighted by molar-refractivity contribution is 0.425. The Kier molecular flexibility index (Phi) is 3.47. The average molecular weight is 349 g/mol. The quantitative estimate of drug-likeness (QED) is 0.749. The number of benzene rings is 2. The molecular weight excluding hydrogens is 339 g/mol. The van der Waals surface area contributed by atoms with Crippen LogP contribution in [-0.4, -0.2) is 15.2 Å². The molecule has 0 bridgehead atoms. The zero-order valence-electron chi connectivity index (χ0n) is 11.0. The van der Waals surface area contributed by atoms with Crippen LogP contribution in [0.2, 0.25) is 0 Å². The number of rotatable bonds is 2. The first kappa shape index (κ1) is 13.8. The molecule has 0 atom stereocenters. The van der Waals surface area contributed by atoms with Gasteiger partial charge >= 0.3 is 0 Å². The smallest absolute Gasteiger partial charge is 0.262 e. The number of phenolic OH excluding ortho intramolecular Hbond substituents is 1. The van der Waals surface area contributed by atoms with Crippen molar-refractivity contribution in [3.63, 3.8) is 0 Å². The van der Waals surface area contributed by atoms with E-state index in [-0.39, 0.29) is 17.5 Å². The van der Waals surface area contributed by atoms with Gasteiger partial charge in [-0.05, 0) is 48.9 Å². The number of hydrogen-bond acceptors (Lipinski definition) is 4. The van der Waals surface area contributed by atoms with E-state index in [0.29, 0.717) is 22.5 Å². The third-order valence-electron chi connectivity index (χ3n) is 3.03. The van der Waals surface area contributed by atoms with Crippen LogP contribution in [-0.2, 0) is 0 Å². The van der Waals surface area contributed by atoms with Crippen LogP contribution in [0.25, 0.3) is 22.8 Å². The summed E-state index contributed by atoms with van der Waals surface area (Å²) in [6, 6.07) is 9.51. The van der Waals surface area contributed by atoms with Gasteiger partial charge in [0.25, 0.3) is 5.89 Å². The number of hydrogen-bond donors (Lipinski definition) is 1. The van der Waals surface area contributed by atoms with E-state index in [1.165, 1.54) is 12.1 Å². The average Bonchev–Trinajstić information content (AvgIpc) is 2.94. The summed E-state index contributed by atoms with van der Waals surface area (Å²) in [5.41, 5.74) is 1.59. The Labute approximate surface area is 128 Å². The summed E-state index contributed by atoms with van der Waals surface area (Å²) < 4.78 is 19.2. The van der Waals surface area contributed by atoms with Crippen LogP contribution in [0.1, 0.15) is 5.56 Å². The fourth-order valence-corrected chi connectivity index (χ4v) is 2.27. The van der Waals surface area contributed by atoms with Gasteiger partial charge in [0.15, 0.2) is 0 Å². The minimum absolute atomic E-state index is 0.0451. The van der Waals surface area contributed by atoms with Crippen LogP contribution in [0, 0.1) is 12.7 Å². The normalized spacial score (nSPS) is 10.8. The molecule has 0 spiro atoms. The highest BCUT2D eigenvalue weighted by Crippen LogP contribution is 2.32. The molecule has 0 aliphatic carbocycles. The van der Waals surface area contributed by atoms with E-state index in [1.54, 1.807) is 31.2 Å². The monoisotopic (exact) mass is 348 g/mol. The predicted octanol–water partition coefficient (Wildman–Crippen LogP) is 4.32. The predicted molar refractivity (Wildman–Crippen MR) is 79.2 cm³/mol. The summed E-state index contributed by atoms with van der Waals surface area (Å²) in [4.78, 5) is 4.24. The lowest BCUT2D eigenvalue weighted by Crippen LogP contribution is -1.86. The second-order valence-electron chi connectivity index (χ2n) is 4.55. The molecule has 0 aliphatic heterocycles. The van der Waals surface area contributed by atoms with Crippen molar-refractivity contribution in [3.8, 4) is 28.6 Å². The van der Waals surface area contributed by atoms with E-state index in [4.69, 9.17) is 4.52 Å². The van der Waals surface area contributed by atoms with E-state index >= 15 is 0 Å². The van der Waals surface area contributed by atoms with Gasteiger partial charge in [-0.2, -0.15) is 4.98 Å². The molecule has 3 rings (SSSR count). The van der Waals surface area contributed by atoms with Crippen molar-refractivity contribution in [1.82, 2.24) is 10.1 Å². The first-order chi connectivity index (χ1) is 10.0. The Bertz CT molecular complexity index is 817. The second kappa shape index (κ2) is 5.29. The molecule has 0 saturated heterocycles. The van der Waals surface area contributed by atoms with Gasteiger partial charge in [0.05, 0.1) is 5.56 Å². The molecule has 1 N–H and O–H groups in total. The van der Waals surface area contributed by atoms with Gasteiger partial charge in [0, 0.05) is 10.0 Å². The molecule has 3 aromatic rings. The molecule has 0 fully saturated rings. The van der Waals surface area contributed by atoms with Crippen molar-refractivity contribution >= 4 is 15.9 Å². The van der Waals surface area contributed by atoms with E-state index in [2.05, 4.69) is 26.1 Å². The maximum Gasteiger partial charge on any atom is 0.262 e. The van der Waals surface area contributed by atoms with Crippen molar-refractivity contribution in [2.24, 2.45) is 0 Å². The molecule has 6 heteroatoms. The molecule has 2 aromatic carbocycles. The van der Waals surface area contributed by atoms with Crippen molar-refractivity contribution in [1.29, 1.82) is 0 Å². The molecule has 1 heterocycles. The fraction of sp³-hybridized carbons (Fsp3) is 0.0667. The molecule has 1 aromatic heterocycles. The summed E-state index contributed by atoms with van der Waals surface area (Å²) in [6.07, 6.45) is 0. The molecule has 4 nitrogen and oxygen atoms in total. The molecule has 0 unspecified atom stereocenters. The zero-order chi connectivity index (χ0) is 15.0. The maximum absolute atomic E-state index is 13.3. The molecular formula is C15H10BrFN2O2. The lowest BCUT2D eigenvalue weighted by atomic mass is 10.1. The Hall–Kier alpha value is -2.21. The van der Waals surface area contributed by atoms with Gasteiger partial charge in [-0.3, -0.25) is 0 Å². The van der Waals surface area contributed by atoms with Gasteiger partial charge < -0.3 is 9.63 Å². The second-order valence-corrected chi connectivity index (χ2v) is 5.46. The van der Waals surface area contributed by atoms with Crippen molar-refractivity contribution < 1.29 is 14.0 Å². The van der Waals surface area contributed by atoms with E-state index < -0.39 is 0 Å². The number of aryl methyl sites for hydroxylation is 1. The van der Waals surface area contributed by atoms with Crippen molar-refractivity contribution in [2.45, 2.75) is 6.92 Å². The number of halogens is 2. The first-order valence-electron chi connectivity index (χ1n) is 6.14. The SMILES string of the molecule is Cc1cc(-c2noc(-c3cc(Br)ccc3O)n2)ccc1F. The Balaban J connectivity index is 2.03. The summed E-state index contributed by atoms with van der Waals surface area (Å²) >= 11 is 3.32. The topological polar surface area (TPSA) is 59.2 Å². The number of aromatic hydroxyl groups is 1. The van der Waals surface area contributed by atoms with Gasteiger partial charge in [-0.1, -0.05) is 21.1 Å². The number of phenols is 1. The standard InChI is InChI=1S/C15H10BrFN2O2/c1-8-6-9(2-4-12(8)17)14-18-15(21-19-14)11-7-10(16)3-5-13(11)20/h2-7,20H,1H3. The zero-order valence-corrected chi connectivity index (χ0v) is 12.6. The summed E-state index contributed by atoms with van der Waals surface area (Å²) in [6.45, 7) is 1.67. The van der Waals surface area contributed by atoms with Crippen molar-refractivity contribution in [3.05, 3.63) is 52.3 Å². The summed E-state index contributed by atoms with van der Waals surface area (Å²) in [5.74, 6) is 0.300. The van der Waals surface area contributed by atoms with E-state index in [9.17, 15) is 9.50 Å². The Morgan fingerprint density at radius 2 is 2.00 bits per heavy atom. The number of aromatic nitrogens is 2. The minimum Gasteiger partial charge on any atom is -0.507 e. The van der Waals surface area contributed by atoms with Gasteiger partial charge in [0.2, 0.25) is 5.82 Å². The summed E-state index contributed by atoms with van der Waals surface area (Å²) in [5, 5.41) is 13.7. The highest BCUT2D eigenvalue weighted by atomic mass is 79.9. The highest BCUT2D eigenvalue weighted by molar-refractivity contribution is 9.10. The minimum atomic E-state index is -0.285. The molecule has 0 radical (unpaired) electrons.